The van der Waals surface area contributed by atoms with E-state index < -0.39 is 17.2 Å². The van der Waals surface area contributed by atoms with Crippen LogP contribution in [0.2, 0.25) is 0 Å². The maximum Gasteiger partial charge on any atom is 0.276 e. The van der Waals surface area contributed by atoms with E-state index in [1.807, 2.05) is 9.47 Å². The highest BCUT2D eigenvalue weighted by molar-refractivity contribution is 5.98. The van der Waals surface area contributed by atoms with Crippen molar-refractivity contribution in [1.82, 2.24) is 9.99 Å². The van der Waals surface area contributed by atoms with Crippen molar-refractivity contribution in [3.05, 3.63) is 57.6 Å². The maximum absolute atomic E-state index is 15.1. The molecular weight excluding hydrogens is 495 g/mol. The second-order valence-electron chi connectivity index (χ2n) is 9.09. The molecule has 2 aromatic carbocycles. The van der Waals surface area contributed by atoms with Gasteiger partial charge in [-0.3, -0.25) is 9.59 Å². The molecule has 10 nitrogen and oxygen atoms in total. The zero-order chi connectivity index (χ0) is 26.8. The molecule has 0 atom stereocenters. The van der Waals surface area contributed by atoms with Gasteiger partial charge in [-0.1, -0.05) is 0 Å². The summed E-state index contributed by atoms with van der Waals surface area (Å²) in [6.45, 7) is 2.17. The van der Waals surface area contributed by atoms with Crippen molar-refractivity contribution in [1.29, 1.82) is 0 Å². The third-order valence-corrected chi connectivity index (χ3v) is 6.70. The molecule has 1 aliphatic carbocycles. The lowest BCUT2D eigenvalue weighted by molar-refractivity contribution is 0.0953. The lowest BCUT2D eigenvalue weighted by Gasteiger charge is -2.29. The Morgan fingerprint density at radius 2 is 1.76 bits per heavy atom. The quantitative estimate of drug-likeness (QED) is 0.357. The summed E-state index contributed by atoms with van der Waals surface area (Å²) in [7, 11) is 4.50. The fourth-order valence-electron chi connectivity index (χ4n) is 4.62. The van der Waals surface area contributed by atoms with Gasteiger partial charge in [-0.05, 0) is 37.1 Å². The highest BCUT2D eigenvalue weighted by atomic mass is 19.1. The number of pyridine rings is 1. The molecule has 1 aromatic heterocycles. The maximum atomic E-state index is 15.1. The number of methoxy groups -OCH3 is 3. The highest BCUT2D eigenvalue weighted by Crippen LogP contribution is 2.39. The van der Waals surface area contributed by atoms with E-state index in [0.29, 0.717) is 60.3 Å². The van der Waals surface area contributed by atoms with Crippen molar-refractivity contribution < 1.29 is 28.1 Å². The minimum Gasteiger partial charge on any atom is -0.493 e. The second-order valence-corrected chi connectivity index (χ2v) is 9.09. The van der Waals surface area contributed by atoms with E-state index >= 15 is 4.39 Å². The molecule has 0 spiro atoms. The molecule has 0 radical (unpaired) electrons. The summed E-state index contributed by atoms with van der Waals surface area (Å²) in [4.78, 5) is 28.2. The molecule has 2 fully saturated rings. The Balaban J connectivity index is 1.45. The normalized spacial score (nSPS) is 15.6. The molecule has 0 bridgehead atoms. The lowest BCUT2D eigenvalue weighted by atomic mass is 10.1. The SMILES string of the molecule is COc1cc(/C=N\NC(=O)c2cn(C3CC3)c3cc(N4CCOCC4)c(F)cc3c2=O)cc(OC)c1OC. The van der Waals surface area contributed by atoms with E-state index in [2.05, 4.69) is 10.5 Å². The number of morpholine rings is 1. The molecule has 2 aliphatic rings. The number of hydrogen-bond acceptors (Lipinski definition) is 8. The van der Waals surface area contributed by atoms with Gasteiger partial charge in [-0.25, -0.2) is 9.82 Å². The fourth-order valence-corrected chi connectivity index (χ4v) is 4.62. The third-order valence-electron chi connectivity index (χ3n) is 6.70. The molecule has 1 amide bonds. The summed E-state index contributed by atoms with van der Waals surface area (Å²) >= 11 is 0. The van der Waals surface area contributed by atoms with Gasteiger partial charge in [0, 0.05) is 36.3 Å². The minimum absolute atomic E-state index is 0.107. The Hall–Kier alpha value is -4.12. The van der Waals surface area contributed by atoms with Gasteiger partial charge >= 0.3 is 0 Å². The summed E-state index contributed by atoms with van der Waals surface area (Å²) in [5, 5.41) is 4.17. The van der Waals surface area contributed by atoms with E-state index in [-0.39, 0.29) is 17.0 Å². The third kappa shape index (κ3) is 4.89. The van der Waals surface area contributed by atoms with Gasteiger partial charge in [0.25, 0.3) is 5.91 Å². The van der Waals surface area contributed by atoms with Crippen molar-refractivity contribution in [3.63, 3.8) is 0 Å². The summed E-state index contributed by atoms with van der Waals surface area (Å²) in [5.74, 6) is 0.0985. The molecular formula is C27H29FN4O6. The zero-order valence-corrected chi connectivity index (χ0v) is 21.5. The lowest BCUT2D eigenvalue weighted by Crippen LogP contribution is -2.37. The smallest absolute Gasteiger partial charge is 0.276 e. The topological polar surface area (TPSA) is 104 Å². The first-order chi connectivity index (χ1) is 18.4. The second kappa shape index (κ2) is 10.7. The monoisotopic (exact) mass is 524 g/mol. The van der Waals surface area contributed by atoms with Gasteiger partial charge in [0.15, 0.2) is 11.5 Å². The number of fused-ring (bicyclic) bond motifs is 1. The van der Waals surface area contributed by atoms with Gasteiger partial charge in [0.2, 0.25) is 11.2 Å². The Kier molecular flexibility index (Phi) is 7.19. The molecule has 3 aromatic rings. The number of anilines is 1. The number of amides is 1. The van der Waals surface area contributed by atoms with Crippen LogP contribution >= 0.6 is 0 Å². The van der Waals surface area contributed by atoms with E-state index in [4.69, 9.17) is 18.9 Å². The number of nitrogens with zero attached hydrogens (tertiary/aromatic N) is 3. The van der Waals surface area contributed by atoms with Crippen LogP contribution in [-0.4, -0.2) is 64.3 Å². The van der Waals surface area contributed by atoms with Gasteiger partial charge < -0.3 is 28.4 Å². The van der Waals surface area contributed by atoms with E-state index in [1.54, 1.807) is 24.4 Å². The Labute approximate surface area is 218 Å². The number of nitrogens with one attached hydrogen (secondary N) is 1. The Morgan fingerprint density at radius 3 is 2.37 bits per heavy atom. The van der Waals surface area contributed by atoms with Gasteiger partial charge in [-0.15, -0.1) is 0 Å². The first-order valence-electron chi connectivity index (χ1n) is 12.3. The highest BCUT2D eigenvalue weighted by Gasteiger charge is 2.28. The number of benzene rings is 2. The Bertz CT molecular complexity index is 1440. The molecule has 1 N–H and O–H groups in total. The molecule has 1 aliphatic heterocycles. The van der Waals surface area contributed by atoms with Crippen LogP contribution in [-0.2, 0) is 4.74 Å². The number of carbonyl (C=O) groups is 1. The molecule has 11 heteroatoms. The van der Waals surface area contributed by atoms with Crippen LogP contribution in [0.3, 0.4) is 0 Å². The molecule has 0 unspecified atom stereocenters. The van der Waals surface area contributed by atoms with Crippen LogP contribution in [0.15, 0.2) is 40.4 Å². The molecule has 1 saturated heterocycles. The van der Waals surface area contributed by atoms with Crippen molar-refractivity contribution in [3.8, 4) is 17.2 Å². The Morgan fingerprint density at radius 1 is 1.08 bits per heavy atom. The van der Waals surface area contributed by atoms with Crippen molar-refractivity contribution in [2.45, 2.75) is 18.9 Å². The van der Waals surface area contributed by atoms with Crippen LogP contribution in [0.5, 0.6) is 17.2 Å². The molecule has 38 heavy (non-hydrogen) atoms. The van der Waals surface area contributed by atoms with Crippen LogP contribution < -0.4 is 30.0 Å². The van der Waals surface area contributed by atoms with Gasteiger partial charge in [0.1, 0.15) is 11.4 Å². The van der Waals surface area contributed by atoms with Crippen LogP contribution in [0, 0.1) is 5.82 Å². The van der Waals surface area contributed by atoms with Crippen molar-refractivity contribution >= 4 is 28.7 Å². The fraction of sp³-hybridized carbons (Fsp3) is 0.370. The van der Waals surface area contributed by atoms with E-state index in [1.165, 1.54) is 33.6 Å². The molecule has 2 heterocycles. The average molecular weight is 525 g/mol. The summed E-state index contributed by atoms with van der Waals surface area (Å²) in [6, 6.07) is 6.43. The molecule has 1 saturated carbocycles. The number of aromatic nitrogens is 1. The van der Waals surface area contributed by atoms with Crippen molar-refractivity contribution in [2.75, 3.05) is 52.5 Å². The minimum atomic E-state index is -0.687. The predicted octanol–water partition coefficient (Wildman–Crippen LogP) is 3.10. The van der Waals surface area contributed by atoms with E-state index in [9.17, 15) is 9.59 Å². The number of rotatable bonds is 8. The number of hydrogen-bond donors (Lipinski definition) is 1. The van der Waals surface area contributed by atoms with Crippen LogP contribution in [0.25, 0.3) is 10.9 Å². The average Bonchev–Trinajstić information content (AvgIpc) is 3.78. The van der Waals surface area contributed by atoms with Gasteiger partial charge in [0.05, 0.1) is 52.0 Å². The zero-order valence-electron chi connectivity index (χ0n) is 21.5. The number of halogens is 1. The number of hydrazone groups is 1. The summed E-state index contributed by atoms with van der Waals surface area (Å²) in [5.41, 5.74) is 3.37. The number of carbonyl (C=O) groups excluding carboxylic acids is 1. The predicted molar refractivity (Wildman–Crippen MR) is 141 cm³/mol. The van der Waals surface area contributed by atoms with Gasteiger partial charge in [-0.2, -0.15) is 5.10 Å². The van der Waals surface area contributed by atoms with Crippen LogP contribution in [0.4, 0.5) is 10.1 Å². The van der Waals surface area contributed by atoms with Crippen LogP contribution in [0.1, 0.15) is 34.8 Å². The summed E-state index contributed by atoms with van der Waals surface area (Å²) in [6.07, 6.45) is 4.79. The molecule has 5 rings (SSSR count). The van der Waals surface area contributed by atoms with E-state index in [0.717, 1.165) is 12.8 Å². The number of ether oxygens (including phenoxy) is 4. The standard InChI is InChI=1S/C27H29FN4O6/c1-35-23-10-16(11-24(36-2)26(23)37-3)14-29-30-27(34)19-15-32(17-4-5-17)21-13-22(31-6-8-38-9-7-31)20(28)12-18(21)25(19)33/h10-15,17H,4-9H2,1-3H3,(H,30,34)/b29-14-. The largest absolute Gasteiger partial charge is 0.493 e. The summed E-state index contributed by atoms with van der Waals surface area (Å²) < 4.78 is 38.4. The molecule has 200 valence electrons. The van der Waals surface area contributed by atoms with Crippen molar-refractivity contribution in [2.24, 2.45) is 5.10 Å². The first-order valence-corrected chi connectivity index (χ1v) is 12.3. The first kappa shape index (κ1) is 25.5.